The first-order valence-electron chi connectivity index (χ1n) is 28.2. The predicted octanol–water partition coefficient (Wildman–Crippen LogP) is 14.5. The van der Waals surface area contributed by atoms with Gasteiger partial charge in [-0.25, -0.2) is 21.4 Å². The molecule has 0 aliphatic carbocycles. The van der Waals surface area contributed by atoms with Gasteiger partial charge in [0, 0.05) is 96.9 Å². The molecule has 11 aromatic rings. The van der Waals surface area contributed by atoms with Crippen molar-refractivity contribution in [2.45, 2.75) is 22.0 Å². The van der Waals surface area contributed by atoms with E-state index in [9.17, 15) is 40.7 Å². The Hall–Kier alpha value is -10.5. The van der Waals surface area contributed by atoms with E-state index in [1.165, 1.54) is 48.8 Å². The normalized spacial score (nSPS) is 10.7. The van der Waals surface area contributed by atoms with Crippen molar-refractivity contribution in [3.05, 3.63) is 332 Å². The van der Waals surface area contributed by atoms with E-state index in [1.807, 2.05) is 140 Å². The number of ketones is 1. The number of benzene rings is 8. The number of Topliss-reactive ketones (excluding diaryl/α,β-unsaturated/α-hetero) is 1. The van der Waals surface area contributed by atoms with Gasteiger partial charge in [-0.05, 0) is 133 Å². The van der Waals surface area contributed by atoms with E-state index in [0.717, 1.165) is 42.8 Å². The summed E-state index contributed by atoms with van der Waals surface area (Å²) >= 11 is 0. The number of nitrogen functional groups attached to an aromatic ring is 1. The fourth-order valence-corrected chi connectivity index (χ4v) is 11.3. The Bertz CT molecular complexity index is 4110. The monoisotopic (exact) mass is 1340 g/mol. The Morgan fingerprint density at radius 1 is 0.500 bits per heavy atom. The topological polar surface area (TPSA) is 291 Å². The van der Waals surface area contributed by atoms with Crippen LogP contribution < -0.4 is 29.1 Å². The molecule has 0 radical (unpaired) electrons. The Morgan fingerprint density at radius 3 is 1.26 bits per heavy atom. The largest absolute Gasteiger partial charge is 0.460 e. The van der Waals surface area contributed by atoms with Gasteiger partial charge >= 0.3 is 16.2 Å². The molecule has 8 aromatic carbocycles. The molecule has 0 fully saturated rings. The average Bonchev–Trinajstić information content (AvgIpc) is 0.817. The van der Waals surface area contributed by atoms with Gasteiger partial charge in [0.25, 0.3) is 0 Å². The van der Waals surface area contributed by atoms with Crippen LogP contribution in [0.15, 0.2) is 314 Å². The van der Waals surface area contributed by atoms with Gasteiger partial charge < -0.3 is 39.1 Å². The molecule has 0 spiro atoms. The minimum atomic E-state index is -3.81. The van der Waals surface area contributed by atoms with Crippen molar-refractivity contribution in [3.63, 3.8) is 0 Å². The lowest BCUT2D eigenvalue weighted by atomic mass is 10.0. The summed E-state index contributed by atoms with van der Waals surface area (Å²) in [6.45, 7) is 0. The highest BCUT2D eigenvalue weighted by Crippen LogP contribution is 2.60. The second-order valence-electron chi connectivity index (χ2n) is 19.1. The third-order valence-corrected chi connectivity index (χ3v) is 16.9. The highest BCUT2D eigenvalue weighted by molar-refractivity contribution is 7.91. The predicted molar refractivity (Wildman–Crippen MR) is 367 cm³/mol. The van der Waals surface area contributed by atoms with E-state index in [-0.39, 0.29) is 22.0 Å². The second kappa shape index (κ2) is 40.4. The quantitative estimate of drug-likeness (QED) is 0.0253. The lowest BCUT2D eigenvalue weighted by Crippen LogP contribution is -2.18. The van der Waals surface area contributed by atoms with Crippen LogP contribution in [0.4, 0.5) is 11.4 Å². The van der Waals surface area contributed by atoms with Crippen LogP contribution >= 0.6 is 16.2 Å². The molecule has 11 rings (SSSR count). The Balaban J connectivity index is 0.000000217. The van der Waals surface area contributed by atoms with Gasteiger partial charge in [0.15, 0.2) is 37.5 Å². The van der Waals surface area contributed by atoms with Gasteiger partial charge in [-0.2, -0.15) is 0 Å². The van der Waals surface area contributed by atoms with Crippen LogP contribution in [0.5, 0.6) is 23.0 Å². The van der Waals surface area contributed by atoms with E-state index in [2.05, 4.69) is 20.3 Å². The number of sulfone groups is 2. The van der Waals surface area contributed by atoms with Crippen molar-refractivity contribution in [1.29, 1.82) is 0 Å². The number of nitrogens with zero attached hydrogens (tertiary/aromatic N) is 3. The summed E-state index contributed by atoms with van der Waals surface area (Å²) in [5, 5.41) is 10.3. The van der Waals surface area contributed by atoms with E-state index in [1.54, 1.807) is 116 Å². The molecule has 0 aliphatic rings. The number of carbonyl (C=O) groups excluding carboxylic acids is 3. The molecule has 23 heteroatoms. The number of hydrogen-bond acceptors (Lipinski definition) is 19. The van der Waals surface area contributed by atoms with Crippen molar-refractivity contribution in [2.24, 2.45) is 0 Å². The highest BCUT2D eigenvalue weighted by Gasteiger charge is 2.41. The van der Waals surface area contributed by atoms with E-state index in [4.69, 9.17) is 28.9 Å². The number of anilines is 2. The first-order valence-corrected chi connectivity index (χ1v) is 34.8. The maximum Gasteiger partial charge on any atom is 0.460 e. The molecule has 0 amide bonds. The molecule has 0 saturated heterocycles. The zero-order valence-corrected chi connectivity index (χ0v) is 54.7. The van der Waals surface area contributed by atoms with Crippen molar-refractivity contribution in [2.75, 3.05) is 30.7 Å². The molecular formula is C71H69N5O14P2S2. The first-order chi connectivity index (χ1) is 45.4. The SMILES string of the molecule is CO.CS(=O)(=O)c1ccc(C=O)cc1.CS(=O)(=O)c1ccc(CC(=O)c2cccnc2)cc1.Nc1ccccc1.O=Cc1cccnc1.O=P(Oc1ccccc1)(Oc1ccccc1)C(Nc1ccccc1)c1cccnc1.OP(Oc1ccccc1)Oc1ccccc1. The summed E-state index contributed by atoms with van der Waals surface area (Å²) < 4.78 is 81.3. The molecule has 1 atom stereocenters. The van der Waals surface area contributed by atoms with Crippen LogP contribution in [0.2, 0.25) is 0 Å². The Labute approximate surface area is 549 Å². The third-order valence-electron chi connectivity index (χ3n) is 12.0. The zero-order chi connectivity index (χ0) is 67.9. The standard InChI is InChI=1S/C24H21N2O3P.C14H13NO3S.C12H11O3P.C8H8O3S.C6H5NO.C6H7N.CH4O/c27-30(28-22-14-6-2-7-15-22,29-23-16-8-3-9-17-23)24(20-11-10-18-25-19-20)26-21-12-4-1-5-13-21;1-19(17,18)13-6-4-11(5-7-13)9-14(16)12-3-2-8-15-10-12;13-16(14-11-7-3-1-4-8-11)15-12-9-5-2-6-10-12;1-12(10,11)8-4-2-7(6-9)3-5-8;8-5-6-2-1-3-7-4-6;7-6-4-2-1-3-5-6;1-2/h1-19,24,26H;2-8,10H,9H2,1H3;1-10,13H;2-6H,1H3;1-5H;1-5H,7H2;2H,1H3. The molecule has 19 nitrogen and oxygen atoms in total. The summed E-state index contributed by atoms with van der Waals surface area (Å²) in [6.07, 6.45) is 13.6. The molecule has 5 N–H and O–H groups in total. The molecule has 0 aliphatic heterocycles. The molecule has 0 bridgehead atoms. The van der Waals surface area contributed by atoms with Gasteiger partial charge in [-0.3, -0.25) is 29.3 Å². The lowest BCUT2D eigenvalue weighted by molar-refractivity contribution is 0.0991. The van der Waals surface area contributed by atoms with E-state index in [0.29, 0.717) is 51.5 Å². The molecule has 1 unspecified atom stereocenters. The number of aliphatic hydroxyl groups is 1. The van der Waals surface area contributed by atoms with E-state index < -0.39 is 41.7 Å². The molecule has 94 heavy (non-hydrogen) atoms. The molecule has 0 saturated carbocycles. The summed E-state index contributed by atoms with van der Waals surface area (Å²) in [5.74, 6) is 1.27. The molecule has 3 heterocycles. The maximum atomic E-state index is 14.3. The van der Waals surface area contributed by atoms with Crippen molar-refractivity contribution < 1.29 is 63.9 Å². The Morgan fingerprint density at radius 2 is 0.894 bits per heavy atom. The first kappa shape index (κ1) is 74.2. The van der Waals surface area contributed by atoms with Gasteiger partial charge in [0.2, 0.25) is 0 Å². The number of hydrogen-bond donors (Lipinski definition) is 4. The Kier molecular flexibility index (Phi) is 31.9. The number of aromatic nitrogens is 3. The third kappa shape index (κ3) is 27.9. The summed E-state index contributed by atoms with van der Waals surface area (Å²) in [5.41, 5.74) is 10.1. The van der Waals surface area contributed by atoms with Crippen LogP contribution in [0, 0.1) is 0 Å². The van der Waals surface area contributed by atoms with Gasteiger partial charge in [0.1, 0.15) is 29.3 Å². The smallest absolute Gasteiger partial charge is 0.418 e. The van der Waals surface area contributed by atoms with Crippen molar-refractivity contribution in [1.82, 2.24) is 15.0 Å². The number of pyridine rings is 3. The second-order valence-corrected chi connectivity index (χ2v) is 26.0. The van der Waals surface area contributed by atoms with Gasteiger partial charge in [-0.1, -0.05) is 140 Å². The van der Waals surface area contributed by atoms with Crippen LogP contribution in [0.3, 0.4) is 0 Å². The average molecular weight is 1340 g/mol. The minimum Gasteiger partial charge on any atom is -0.418 e. The number of rotatable bonds is 19. The number of aldehydes is 2. The zero-order valence-electron chi connectivity index (χ0n) is 51.2. The maximum absolute atomic E-state index is 14.3. The molecule has 484 valence electrons. The van der Waals surface area contributed by atoms with Gasteiger partial charge in [-0.15, -0.1) is 0 Å². The molecular weight excluding hydrogens is 1270 g/mol. The number of carbonyl (C=O) groups is 3. The van der Waals surface area contributed by atoms with Crippen molar-refractivity contribution in [3.8, 4) is 23.0 Å². The summed E-state index contributed by atoms with van der Waals surface area (Å²) in [6, 6.07) is 77.9. The molecule has 3 aromatic heterocycles. The van der Waals surface area contributed by atoms with Crippen LogP contribution in [-0.4, -0.2) is 79.8 Å². The van der Waals surface area contributed by atoms with E-state index >= 15 is 0 Å². The highest BCUT2D eigenvalue weighted by atomic mass is 32.2. The fraction of sp³-hybridized carbons (Fsp3) is 0.0704. The number of nitrogens with one attached hydrogen (secondary N) is 1. The van der Waals surface area contributed by atoms with Crippen LogP contribution in [-0.2, 0) is 30.7 Å². The fourth-order valence-electron chi connectivity index (χ4n) is 7.48. The van der Waals surface area contributed by atoms with Gasteiger partial charge in [0.05, 0.1) is 9.79 Å². The summed E-state index contributed by atoms with van der Waals surface area (Å²) in [4.78, 5) is 54.0. The van der Waals surface area contributed by atoms with Crippen LogP contribution in [0.1, 0.15) is 48.0 Å². The lowest BCUT2D eigenvalue weighted by Gasteiger charge is -2.29. The minimum absolute atomic E-state index is 0.0415. The summed E-state index contributed by atoms with van der Waals surface area (Å²) in [7, 11) is -11.1. The number of para-hydroxylation sites is 6. The number of aliphatic hydroxyl groups excluding tert-OH is 1. The van der Waals surface area contributed by atoms with Crippen LogP contribution in [0.25, 0.3) is 0 Å². The van der Waals surface area contributed by atoms with Crippen molar-refractivity contribution >= 4 is 65.6 Å². The number of nitrogens with two attached hydrogens (primary N) is 1.